The number of hydrogen-bond acceptors (Lipinski definition) is 5. The van der Waals surface area contributed by atoms with Gasteiger partial charge in [-0.25, -0.2) is 0 Å². The Morgan fingerprint density at radius 2 is 1.63 bits per heavy atom. The second-order valence-corrected chi connectivity index (χ2v) is 12.6. The molecule has 3 N–H and O–H groups in total. The monoisotopic (exact) mass is 509 g/mol. The van der Waals surface area contributed by atoms with Crippen molar-refractivity contribution in [3.63, 3.8) is 0 Å². The van der Waals surface area contributed by atoms with Crippen molar-refractivity contribution in [1.29, 1.82) is 0 Å². The number of carbonyl (C=O) groups excluding carboxylic acids is 2. The molecule has 198 valence electrons. The highest BCUT2D eigenvalue weighted by atomic mass is 31.2. The van der Waals surface area contributed by atoms with Gasteiger partial charge >= 0.3 is 7.60 Å². The van der Waals surface area contributed by atoms with Crippen molar-refractivity contribution in [3.8, 4) is 0 Å². The van der Waals surface area contributed by atoms with E-state index in [0.717, 1.165) is 18.5 Å². The molecule has 0 saturated carbocycles. The summed E-state index contributed by atoms with van der Waals surface area (Å²) in [6.45, 7) is 13.5. The van der Waals surface area contributed by atoms with E-state index >= 15 is 0 Å². The summed E-state index contributed by atoms with van der Waals surface area (Å²) in [6, 6.07) is 7.55. The molecule has 1 unspecified atom stereocenters. The Kier molecular flexibility index (Phi) is 10.9. The summed E-state index contributed by atoms with van der Waals surface area (Å²) >= 11 is 0. The zero-order valence-corrected chi connectivity index (χ0v) is 23.7. The van der Waals surface area contributed by atoms with Crippen LogP contribution in [0, 0.1) is 11.3 Å². The fourth-order valence-electron chi connectivity index (χ4n) is 4.39. The molecule has 35 heavy (non-hydrogen) atoms. The molecular weight excluding hydrogens is 465 g/mol. The molecule has 0 aliphatic heterocycles. The highest BCUT2D eigenvalue weighted by molar-refractivity contribution is 7.56. The van der Waals surface area contributed by atoms with E-state index < -0.39 is 36.6 Å². The van der Waals surface area contributed by atoms with Crippen molar-refractivity contribution in [2.45, 2.75) is 72.0 Å². The van der Waals surface area contributed by atoms with Gasteiger partial charge < -0.3 is 25.0 Å². The second-order valence-electron chi connectivity index (χ2n) is 10.8. The lowest BCUT2D eigenvalue weighted by Gasteiger charge is -2.47. The lowest BCUT2D eigenvalue weighted by Crippen LogP contribution is -2.65. The van der Waals surface area contributed by atoms with Crippen LogP contribution in [-0.2, 0) is 24.1 Å². The number of likely N-dealkylation sites (N-methyl/N-ethyl adjacent to an activating group) is 2. The largest absolute Gasteiger partial charge is 0.357 e. The molecule has 0 bridgehead atoms. The van der Waals surface area contributed by atoms with Gasteiger partial charge in [0.05, 0.1) is 12.1 Å². The molecule has 0 aromatic heterocycles. The van der Waals surface area contributed by atoms with Crippen LogP contribution in [0.25, 0.3) is 0 Å². The van der Waals surface area contributed by atoms with Crippen LogP contribution in [0.15, 0.2) is 42.2 Å². The zero-order chi connectivity index (χ0) is 27.2. The fourth-order valence-corrected chi connectivity index (χ4v) is 4.91. The van der Waals surface area contributed by atoms with Crippen molar-refractivity contribution in [1.82, 2.24) is 15.5 Å². The van der Waals surface area contributed by atoms with Crippen molar-refractivity contribution in [2.75, 3.05) is 21.2 Å². The molecule has 0 spiro atoms. The zero-order valence-electron chi connectivity index (χ0n) is 22.8. The summed E-state index contributed by atoms with van der Waals surface area (Å²) in [5.41, 5.74) is -0.285. The number of hydrogen-bond donors (Lipinski definition) is 3. The lowest BCUT2D eigenvalue weighted by molar-refractivity contribution is -0.150. The third-order valence-corrected chi connectivity index (χ3v) is 7.43. The average molecular weight is 510 g/mol. The van der Waals surface area contributed by atoms with E-state index in [-0.39, 0.29) is 17.7 Å². The Morgan fingerprint density at radius 1 is 1.09 bits per heavy atom. The fraction of sp³-hybridized carbons (Fsp3) is 0.615. The Hall–Kier alpha value is -1.99. The van der Waals surface area contributed by atoms with Gasteiger partial charge in [0.2, 0.25) is 11.8 Å². The van der Waals surface area contributed by atoms with Crippen molar-refractivity contribution < 1.29 is 23.6 Å². The number of nitrogens with zero attached hydrogens (tertiary/aromatic N) is 1. The van der Waals surface area contributed by atoms with Crippen molar-refractivity contribution in [3.05, 3.63) is 47.8 Å². The van der Waals surface area contributed by atoms with Gasteiger partial charge in [0, 0.05) is 25.4 Å². The van der Waals surface area contributed by atoms with Crippen LogP contribution in [0.1, 0.15) is 54.0 Å². The first kappa shape index (κ1) is 31.0. The van der Waals surface area contributed by atoms with Crippen molar-refractivity contribution >= 4 is 19.4 Å². The van der Waals surface area contributed by atoms with Gasteiger partial charge in [-0.3, -0.25) is 14.2 Å². The maximum Gasteiger partial charge on any atom is 0.351 e. The quantitative estimate of drug-likeness (QED) is 0.391. The lowest BCUT2D eigenvalue weighted by atomic mass is 9.75. The maximum absolute atomic E-state index is 14.4. The Morgan fingerprint density at radius 3 is 2.03 bits per heavy atom. The van der Waals surface area contributed by atoms with E-state index in [1.54, 1.807) is 19.0 Å². The molecule has 0 saturated heterocycles. The van der Waals surface area contributed by atoms with Crippen molar-refractivity contribution in [2.24, 2.45) is 11.3 Å². The minimum Gasteiger partial charge on any atom is -0.357 e. The van der Waals surface area contributed by atoms with Crippen LogP contribution in [0.5, 0.6) is 0 Å². The molecule has 4 atom stereocenters. The highest BCUT2D eigenvalue weighted by Gasteiger charge is 2.47. The highest BCUT2D eigenvalue weighted by Crippen LogP contribution is 2.43. The van der Waals surface area contributed by atoms with Crippen LogP contribution in [0.3, 0.4) is 0 Å². The van der Waals surface area contributed by atoms with Gasteiger partial charge in [-0.2, -0.15) is 0 Å². The van der Waals surface area contributed by atoms with Gasteiger partial charge in [0.25, 0.3) is 0 Å². The summed E-state index contributed by atoms with van der Waals surface area (Å²) in [7, 11) is 0.438. The van der Waals surface area contributed by atoms with Gasteiger partial charge in [0.15, 0.2) is 0 Å². The minimum absolute atomic E-state index is 0.168. The average Bonchev–Trinajstić information content (AvgIpc) is 2.77. The molecule has 0 fully saturated rings. The Labute approximate surface area is 211 Å². The summed E-state index contributed by atoms with van der Waals surface area (Å²) in [5.74, 6) is 0.339. The Balaban J connectivity index is 3.81. The van der Waals surface area contributed by atoms with Crippen LogP contribution in [0.2, 0.25) is 0 Å². The molecule has 1 rings (SSSR count). The summed E-state index contributed by atoms with van der Waals surface area (Å²) < 4.78 is 17.0. The predicted molar refractivity (Wildman–Crippen MR) is 141 cm³/mol. The summed E-state index contributed by atoms with van der Waals surface area (Å²) in [5, 5.41) is 5.89. The molecule has 8 nitrogen and oxygen atoms in total. The van der Waals surface area contributed by atoms with Crippen LogP contribution in [-0.4, -0.2) is 60.9 Å². The molecule has 2 amide bonds. The molecule has 0 aliphatic carbocycles. The first-order chi connectivity index (χ1) is 16.0. The molecule has 1 aromatic carbocycles. The standard InChI is InChI=1S/C26H44N3O5P/c1-18(2)20(16-17-35(32,33)34-10)29(22(23(30)28-9)25(3,4)5)24(31)21(27-8)26(6,7)19-14-12-11-13-15-19/h11-18,20-22,27H,1-10H3,(H,28,30)(H,32,33)/t20-,21-,22-/m1/s1. The molecule has 1 aromatic rings. The maximum atomic E-state index is 14.4. The smallest absolute Gasteiger partial charge is 0.351 e. The van der Waals surface area contributed by atoms with Crippen LogP contribution in [0.4, 0.5) is 0 Å². The molecular formula is C26H44N3O5P. The van der Waals surface area contributed by atoms with Gasteiger partial charge in [-0.15, -0.1) is 0 Å². The van der Waals surface area contributed by atoms with E-state index in [2.05, 4.69) is 10.6 Å². The number of carbonyl (C=O) groups is 2. The first-order valence-corrected chi connectivity index (χ1v) is 13.5. The summed E-state index contributed by atoms with van der Waals surface area (Å²) in [6.07, 6.45) is 1.51. The molecule has 0 radical (unpaired) electrons. The first-order valence-electron chi connectivity index (χ1n) is 11.9. The van der Waals surface area contributed by atoms with E-state index in [0.29, 0.717) is 0 Å². The van der Waals surface area contributed by atoms with Gasteiger partial charge in [-0.05, 0) is 23.9 Å². The van der Waals surface area contributed by atoms with E-state index in [1.165, 1.54) is 6.08 Å². The van der Waals surface area contributed by atoms with Gasteiger partial charge in [0.1, 0.15) is 6.04 Å². The van der Waals surface area contributed by atoms with Crippen LogP contribution >= 0.6 is 7.60 Å². The number of benzene rings is 1. The van der Waals surface area contributed by atoms with E-state index in [9.17, 15) is 19.0 Å². The third kappa shape index (κ3) is 7.74. The number of nitrogens with one attached hydrogen (secondary N) is 2. The van der Waals surface area contributed by atoms with E-state index in [1.807, 2.05) is 78.8 Å². The van der Waals surface area contributed by atoms with E-state index in [4.69, 9.17) is 4.52 Å². The summed E-state index contributed by atoms with van der Waals surface area (Å²) in [4.78, 5) is 39.3. The minimum atomic E-state index is -3.98. The SMILES string of the molecule is CNC(=O)[C@@H](N(C(=O)[C@@H](NC)C(C)(C)c1ccccc1)[C@H](C=CP(=O)(O)OC)C(C)C)C(C)(C)C. The molecule has 0 heterocycles. The molecule has 0 aliphatic rings. The molecule has 9 heteroatoms. The second kappa shape index (κ2) is 12.3. The topological polar surface area (TPSA) is 108 Å². The Bertz CT molecular complexity index is 925. The number of rotatable bonds is 11. The van der Waals surface area contributed by atoms with Crippen LogP contribution < -0.4 is 10.6 Å². The normalized spacial score (nSPS) is 17.0. The van der Waals surface area contributed by atoms with Gasteiger partial charge in [-0.1, -0.05) is 84.9 Å². The third-order valence-electron chi connectivity index (χ3n) is 6.36. The number of amides is 2. The predicted octanol–water partition coefficient (Wildman–Crippen LogP) is 3.91.